The van der Waals surface area contributed by atoms with Gasteiger partial charge in [-0.1, -0.05) is 12.1 Å². The average molecular weight is 435 g/mol. The van der Waals surface area contributed by atoms with Crippen LogP contribution in [-0.4, -0.2) is 29.4 Å². The van der Waals surface area contributed by atoms with Crippen LogP contribution in [0.25, 0.3) is 21.3 Å². The fraction of sp³-hybridized carbons (Fsp3) is 0.136. The van der Waals surface area contributed by atoms with Crippen LogP contribution in [0.5, 0.6) is 17.2 Å². The maximum atomic E-state index is 12.9. The van der Waals surface area contributed by atoms with Gasteiger partial charge in [-0.2, -0.15) is 0 Å². The molecule has 8 nitrogen and oxygen atoms in total. The quantitative estimate of drug-likeness (QED) is 0.516. The van der Waals surface area contributed by atoms with Gasteiger partial charge in [0.2, 0.25) is 12.7 Å². The number of nitrogens with one attached hydrogen (secondary N) is 1. The van der Waals surface area contributed by atoms with Gasteiger partial charge in [0.15, 0.2) is 11.5 Å². The van der Waals surface area contributed by atoms with Crippen molar-refractivity contribution < 1.29 is 19.0 Å². The molecule has 3 heterocycles. The summed E-state index contributed by atoms with van der Waals surface area (Å²) in [7, 11) is 1.61. The van der Waals surface area contributed by atoms with E-state index in [2.05, 4.69) is 10.3 Å². The number of hydrogen-bond donors (Lipinski definition) is 1. The summed E-state index contributed by atoms with van der Waals surface area (Å²) in [6.07, 6.45) is 1.41. The number of methoxy groups -OCH3 is 1. The minimum Gasteiger partial charge on any atom is -0.497 e. The monoisotopic (exact) mass is 435 g/mol. The molecule has 2 aromatic carbocycles. The highest BCUT2D eigenvalue weighted by molar-refractivity contribution is 7.17. The SMILES string of the molecule is COc1ccc(-c2csc3c(=O)n(CC(=O)Nc4ccc5c(c4)OCO5)cnc23)cc1. The van der Waals surface area contributed by atoms with E-state index in [0.29, 0.717) is 27.4 Å². The highest BCUT2D eigenvalue weighted by Gasteiger charge is 2.16. The molecule has 5 rings (SSSR count). The number of hydrogen-bond acceptors (Lipinski definition) is 7. The molecular formula is C22H17N3O5S. The Morgan fingerprint density at radius 3 is 2.81 bits per heavy atom. The van der Waals surface area contributed by atoms with Crippen LogP contribution in [0.15, 0.2) is 59.0 Å². The number of thiophene rings is 1. The summed E-state index contributed by atoms with van der Waals surface area (Å²) in [5.74, 6) is 1.62. The third-order valence-electron chi connectivity index (χ3n) is 4.92. The zero-order valence-electron chi connectivity index (χ0n) is 16.5. The fourth-order valence-corrected chi connectivity index (χ4v) is 4.34. The molecule has 156 valence electrons. The van der Waals surface area contributed by atoms with Crippen LogP contribution in [0.4, 0.5) is 5.69 Å². The second-order valence-electron chi connectivity index (χ2n) is 6.85. The zero-order valence-corrected chi connectivity index (χ0v) is 17.3. The summed E-state index contributed by atoms with van der Waals surface area (Å²) in [6, 6.07) is 12.7. The lowest BCUT2D eigenvalue weighted by atomic mass is 10.1. The molecule has 1 aliphatic rings. The van der Waals surface area contributed by atoms with Crippen LogP contribution in [0.3, 0.4) is 0 Å². The molecule has 2 aromatic heterocycles. The summed E-state index contributed by atoms with van der Waals surface area (Å²) in [5, 5.41) is 4.67. The normalized spacial score (nSPS) is 12.2. The molecule has 1 N–H and O–H groups in total. The summed E-state index contributed by atoms with van der Waals surface area (Å²) >= 11 is 1.31. The lowest BCUT2D eigenvalue weighted by molar-refractivity contribution is -0.116. The van der Waals surface area contributed by atoms with Crippen molar-refractivity contribution in [1.29, 1.82) is 0 Å². The molecule has 1 amide bonds. The highest BCUT2D eigenvalue weighted by Crippen LogP contribution is 2.34. The number of nitrogens with zero attached hydrogens (tertiary/aromatic N) is 2. The first-order valence-electron chi connectivity index (χ1n) is 9.43. The summed E-state index contributed by atoms with van der Waals surface area (Å²) < 4.78 is 17.6. The summed E-state index contributed by atoms with van der Waals surface area (Å²) in [5.41, 5.74) is 2.74. The highest BCUT2D eigenvalue weighted by atomic mass is 32.1. The maximum absolute atomic E-state index is 12.9. The molecule has 0 spiro atoms. The van der Waals surface area contributed by atoms with Crippen molar-refractivity contribution in [3.05, 3.63) is 64.5 Å². The number of anilines is 1. The van der Waals surface area contributed by atoms with Crippen molar-refractivity contribution in [2.24, 2.45) is 0 Å². The number of amides is 1. The van der Waals surface area contributed by atoms with Crippen molar-refractivity contribution in [3.63, 3.8) is 0 Å². The van der Waals surface area contributed by atoms with Crippen molar-refractivity contribution >= 4 is 33.1 Å². The smallest absolute Gasteiger partial charge is 0.271 e. The van der Waals surface area contributed by atoms with Crippen molar-refractivity contribution in [1.82, 2.24) is 9.55 Å². The van der Waals surface area contributed by atoms with Crippen molar-refractivity contribution in [2.45, 2.75) is 6.54 Å². The third-order valence-corrected chi connectivity index (χ3v) is 5.87. The molecule has 0 atom stereocenters. The summed E-state index contributed by atoms with van der Waals surface area (Å²) in [6.45, 7) is 0.0130. The van der Waals surface area contributed by atoms with Crippen LogP contribution in [0.2, 0.25) is 0 Å². The summed E-state index contributed by atoms with van der Waals surface area (Å²) in [4.78, 5) is 29.8. The van der Waals surface area contributed by atoms with E-state index in [1.165, 1.54) is 22.2 Å². The Labute approximate surface area is 180 Å². The second kappa shape index (κ2) is 7.77. The lowest BCUT2D eigenvalue weighted by Gasteiger charge is -2.08. The molecule has 0 radical (unpaired) electrons. The molecule has 0 fully saturated rings. The van der Waals surface area contributed by atoms with E-state index in [1.54, 1.807) is 25.3 Å². The molecule has 0 saturated heterocycles. The molecule has 31 heavy (non-hydrogen) atoms. The number of benzene rings is 2. The molecule has 0 unspecified atom stereocenters. The predicted octanol–water partition coefficient (Wildman–Crippen LogP) is 3.50. The van der Waals surface area contributed by atoms with Gasteiger partial charge in [0.05, 0.1) is 19.0 Å². The van der Waals surface area contributed by atoms with E-state index in [-0.39, 0.29) is 24.8 Å². The van der Waals surface area contributed by atoms with Crippen molar-refractivity contribution in [3.8, 4) is 28.4 Å². The number of aromatic nitrogens is 2. The number of rotatable bonds is 5. The minimum atomic E-state index is -0.339. The van der Waals surface area contributed by atoms with E-state index < -0.39 is 0 Å². The van der Waals surface area contributed by atoms with Gasteiger partial charge < -0.3 is 19.5 Å². The molecule has 0 bridgehead atoms. The first-order chi connectivity index (χ1) is 15.1. The minimum absolute atomic E-state index is 0.147. The Balaban J connectivity index is 1.37. The standard InChI is InChI=1S/C22H17N3O5S/c1-28-15-5-2-13(3-6-15)16-10-31-21-20(16)23-11-25(22(21)27)9-19(26)24-14-4-7-17-18(8-14)30-12-29-17/h2-8,10-11H,9,12H2,1H3,(H,24,26). The van der Waals surface area contributed by atoms with E-state index in [9.17, 15) is 9.59 Å². The van der Waals surface area contributed by atoms with Gasteiger partial charge in [0.1, 0.15) is 17.0 Å². The number of fused-ring (bicyclic) bond motifs is 2. The fourth-order valence-electron chi connectivity index (χ4n) is 3.36. The molecule has 0 saturated carbocycles. The Bertz CT molecular complexity index is 1340. The van der Waals surface area contributed by atoms with Gasteiger partial charge in [0.25, 0.3) is 5.56 Å². The molecule has 4 aromatic rings. The van der Waals surface area contributed by atoms with Crippen LogP contribution in [-0.2, 0) is 11.3 Å². The number of ether oxygens (including phenoxy) is 3. The predicted molar refractivity (Wildman–Crippen MR) is 117 cm³/mol. The van der Waals surface area contributed by atoms with E-state index in [4.69, 9.17) is 14.2 Å². The zero-order chi connectivity index (χ0) is 21.4. The topological polar surface area (TPSA) is 91.7 Å². The Hall–Kier alpha value is -3.85. The van der Waals surface area contributed by atoms with Gasteiger partial charge in [0, 0.05) is 22.7 Å². The van der Waals surface area contributed by atoms with Gasteiger partial charge in [-0.3, -0.25) is 14.2 Å². The Morgan fingerprint density at radius 2 is 2.00 bits per heavy atom. The first kappa shape index (κ1) is 19.1. The molecule has 1 aliphatic heterocycles. The van der Waals surface area contributed by atoms with Crippen LogP contribution < -0.4 is 25.1 Å². The largest absolute Gasteiger partial charge is 0.497 e. The molecular weight excluding hydrogens is 418 g/mol. The lowest BCUT2D eigenvalue weighted by Crippen LogP contribution is -2.27. The Morgan fingerprint density at radius 1 is 1.19 bits per heavy atom. The van der Waals surface area contributed by atoms with Crippen molar-refractivity contribution in [2.75, 3.05) is 19.2 Å². The maximum Gasteiger partial charge on any atom is 0.271 e. The third kappa shape index (κ3) is 3.59. The Kier molecular flexibility index (Phi) is 4.79. The van der Waals surface area contributed by atoms with E-state index in [0.717, 1.165) is 16.9 Å². The van der Waals surface area contributed by atoms with Gasteiger partial charge in [-0.25, -0.2) is 4.98 Å². The average Bonchev–Trinajstić information content (AvgIpc) is 3.43. The van der Waals surface area contributed by atoms with Crippen LogP contribution in [0.1, 0.15) is 0 Å². The first-order valence-corrected chi connectivity index (χ1v) is 10.3. The van der Waals surface area contributed by atoms with Gasteiger partial charge in [-0.15, -0.1) is 11.3 Å². The van der Waals surface area contributed by atoms with Crippen LogP contribution in [0, 0.1) is 0 Å². The van der Waals surface area contributed by atoms with Crippen LogP contribution >= 0.6 is 11.3 Å². The molecule has 0 aliphatic carbocycles. The van der Waals surface area contributed by atoms with E-state index in [1.807, 2.05) is 29.6 Å². The number of carbonyl (C=O) groups excluding carboxylic acids is 1. The van der Waals surface area contributed by atoms with E-state index >= 15 is 0 Å². The number of carbonyl (C=O) groups is 1. The second-order valence-corrected chi connectivity index (χ2v) is 7.73. The van der Waals surface area contributed by atoms with Gasteiger partial charge in [-0.05, 0) is 29.8 Å². The van der Waals surface area contributed by atoms with Gasteiger partial charge >= 0.3 is 0 Å². The molecule has 9 heteroatoms.